The van der Waals surface area contributed by atoms with Gasteiger partial charge in [0.1, 0.15) is 11.8 Å². The molecule has 0 spiro atoms. The number of hydrogen-bond donors (Lipinski definition) is 2. The molecule has 2 heterocycles. The summed E-state index contributed by atoms with van der Waals surface area (Å²) in [5.74, 6) is 0. The lowest BCUT2D eigenvalue weighted by atomic mass is 9.75. The third kappa shape index (κ3) is 5.92. The Morgan fingerprint density at radius 1 is 1.21 bits per heavy atom. The van der Waals surface area contributed by atoms with Gasteiger partial charge in [-0.2, -0.15) is 0 Å². The predicted octanol–water partition coefficient (Wildman–Crippen LogP) is 3.96. The summed E-state index contributed by atoms with van der Waals surface area (Å²) in [7, 11) is 0. The first kappa shape index (κ1) is 21.6. The van der Waals surface area contributed by atoms with Crippen LogP contribution in [0.4, 0.5) is 4.79 Å². The molecule has 2 aromatic rings. The van der Waals surface area contributed by atoms with E-state index < -0.39 is 6.10 Å². The molecule has 1 saturated heterocycles. The van der Waals surface area contributed by atoms with Gasteiger partial charge in [0.25, 0.3) is 0 Å². The summed E-state index contributed by atoms with van der Waals surface area (Å²) in [5.41, 5.74) is 1.37. The van der Waals surface area contributed by atoms with E-state index in [1.54, 1.807) is 23.2 Å². The number of ether oxygens (including phenoxy) is 1. The number of pyridine rings is 1. The highest BCUT2D eigenvalue weighted by Crippen LogP contribution is 2.38. The van der Waals surface area contributed by atoms with Crippen molar-refractivity contribution in [2.24, 2.45) is 5.41 Å². The zero-order valence-corrected chi connectivity index (χ0v) is 17.1. The highest BCUT2D eigenvalue weighted by atomic mass is 35.5. The van der Waals surface area contributed by atoms with E-state index in [4.69, 9.17) is 16.3 Å². The Morgan fingerprint density at radius 2 is 1.93 bits per heavy atom. The summed E-state index contributed by atoms with van der Waals surface area (Å²) in [6.45, 7) is 1.35. The number of carbonyl (C=O) groups excluding carboxylic acids is 1. The maximum atomic E-state index is 12.3. The van der Waals surface area contributed by atoms with Gasteiger partial charge in [-0.15, -0.1) is 0 Å². The fourth-order valence-corrected chi connectivity index (χ4v) is 3.77. The van der Waals surface area contributed by atoms with Crippen molar-refractivity contribution in [2.45, 2.75) is 38.4 Å². The Labute approximate surface area is 176 Å². The minimum absolute atomic E-state index is 0.0332. The van der Waals surface area contributed by atoms with E-state index in [0.717, 1.165) is 5.56 Å². The van der Waals surface area contributed by atoms with Crippen LogP contribution < -0.4 is 0 Å². The zero-order valence-electron chi connectivity index (χ0n) is 16.3. The summed E-state index contributed by atoms with van der Waals surface area (Å²) in [6, 6.07) is 13.0. The Kier molecular flexibility index (Phi) is 7.47. The van der Waals surface area contributed by atoms with Crippen molar-refractivity contribution in [3.8, 4) is 0 Å². The van der Waals surface area contributed by atoms with Crippen molar-refractivity contribution in [3.05, 3.63) is 64.9 Å². The number of aliphatic hydroxyl groups is 2. The number of benzene rings is 1. The predicted molar refractivity (Wildman–Crippen MR) is 110 cm³/mol. The minimum atomic E-state index is -0.656. The van der Waals surface area contributed by atoms with E-state index in [-0.39, 0.29) is 24.7 Å². The van der Waals surface area contributed by atoms with Crippen molar-refractivity contribution < 1.29 is 19.7 Å². The maximum absolute atomic E-state index is 12.3. The molecule has 1 aliphatic rings. The molecule has 3 rings (SSSR count). The van der Waals surface area contributed by atoms with Crippen LogP contribution in [0.3, 0.4) is 0 Å². The van der Waals surface area contributed by atoms with Crippen LogP contribution in [0.15, 0.2) is 48.7 Å². The Morgan fingerprint density at radius 3 is 2.55 bits per heavy atom. The van der Waals surface area contributed by atoms with Gasteiger partial charge in [-0.3, -0.25) is 0 Å². The quantitative estimate of drug-likeness (QED) is 0.665. The van der Waals surface area contributed by atoms with Gasteiger partial charge in [-0.25, -0.2) is 9.78 Å². The standard InChI is InChI=1S/C22H27ClN2O4/c23-20-7-6-18(14-24-20)19(27)8-9-22(16-26)10-12-25(13-11-22)21(28)29-15-17-4-2-1-3-5-17/h1-7,14,19,26-27H,8-13,15-16H2. The molecule has 0 saturated carbocycles. The van der Waals surface area contributed by atoms with Crippen molar-refractivity contribution >= 4 is 17.7 Å². The molecule has 1 aromatic heterocycles. The first-order chi connectivity index (χ1) is 14.0. The number of nitrogens with zero attached hydrogens (tertiary/aromatic N) is 2. The molecule has 6 nitrogen and oxygen atoms in total. The molecule has 156 valence electrons. The first-order valence-electron chi connectivity index (χ1n) is 9.87. The van der Waals surface area contributed by atoms with Gasteiger partial charge in [0, 0.05) is 25.9 Å². The lowest BCUT2D eigenvalue weighted by Gasteiger charge is -2.40. The number of rotatable bonds is 7. The first-order valence-corrected chi connectivity index (χ1v) is 10.3. The van der Waals surface area contributed by atoms with Crippen molar-refractivity contribution in [1.82, 2.24) is 9.88 Å². The van der Waals surface area contributed by atoms with Gasteiger partial charge >= 0.3 is 6.09 Å². The van der Waals surface area contributed by atoms with Crippen LogP contribution in [0.5, 0.6) is 0 Å². The topological polar surface area (TPSA) is 82.9 Å². The zero-order chi connectivity index (χ0) is 20.7. The van der Waals surface area contributed by atoms with Crippen molar-refractivity contribution in [2.75, 3.05) is 19.7 Å². The Bertz CT molecular complexity index is 777. The lowest BCUT2D eigenvalue weighted by molar-refractivity contribution is 0.0172. The fourth-order valence-electron chi connectivity index (χ4n) is 3.66. The molecular formula is C22H27ClN2O4. The summed E-state index contributed by atoms with van der Waals surface area (Å²) >= 11 is 5.79. The molecule has 0 radical (unpaired) electrons. The summed E-state index contributed by atoms with van der Waals surface area (Å²) in [5, 5.41) is 20.8. The van der Waals surface area contributed by atoms with Gasteiger partial charge in [0.05, 0.1) is 6.10 Å². The fraction of sp³-hybridized carbons (Fsp3) is 0.455. The number of halogens is 1. The van der Waals surface area contributed by atoms with Crippen molar-refractivity contribution in [3.63, 3.8) is 0 Å². The minimum Gasteiger partial charge on any atom is -0.445 e. The molecule has 1 aromatic carbocycles. The molecule has 29 heavy (non-hydrogen) atoms. The van der Waals surface area contributed by atoms with Crippen LogP contribution in [0, 0.1) is 5.41 Å². The molecule has 1 atom stereocenters. The van der Waals surface area contributed by atoms with Crippen LogP contribution in [0.2, 0.25) is 5.15 Å². The Hall–Kier alpha value is -2.15. The van der Waals surface area contributed by atoms with Crippen LogP contribution in [0.1, 0.15) is 42.9 Å². The van der Waals surface area contributed by atoms with E-state index in [0.29, 0.717) is 49.5 Å². The molecule has 7 heteroatoms. The molecule has 1 unspecified atom stereocenters. The molecule has 2 N–H and O–H groups in total. The number of piperidine rings is 1. The number of hydrogen-bond acceptors (Lipinski definition) is 5. The largest absolute Gasteiger partial charge is 0.445 e. The molecule has 1 aliphatic heterocycles. The highest BCUT2D eigenvalue weighted by molar-refractivity contribution is 6.29. The van der Waals surface area contributed by atoms with Crippen LogP contribution in [-0.4, -0.2) is 45.9 Å². The third-order valence-corrected chi connectivity index (χ3v) is 5.93. The number of carbonyl (C=O) groups is 1. The number of likely N-dealkylation sites (tertiary alicyclic amines) is 1. The van der Waals surface area contributed by atoms with Crippen LogP contribution in [-0.2, 0) is 11.3 Å². The van der Waals surface area contributed by atoms with Gasteiger partial charge < -0.3 is 19.8 Å². The maximum Gasteiger partial charge on any atom is 0.410 e. The van der Waals surface area contributed by atoms with E-state index in [9.17, 15) is 15.0 Å². The van der Waals surface area contributed by atoms with Crippen LogP contribution >= 0.6 is 11.6 Å². The lowest BCUT2D eigenvalue weighted by Crippen LogP contribution is -2.45. The van der Waals surface area contributed by atoms with E-state index in [1.165, 1.54) is 0 Å². The van der Waals surface area contributed by atoms with E-state index >= 15 is 0 Å². The Balaban J connectivity index is 1.47. The molecule has 0 aliphatic carbocycles. The highest BCUT2D eigenvalue weighted by Gasteiger charge is 2.36. The average molecular weight is 419 g/mol. The van der Waals surface area contributed by atoms with E-state index in [2.05, 4.69) is 4.98 Å². The normalized spacial score (nSPS) is 17.0. The van der Waals surface area contributed by atoms with Gasteiger partial charge in [-0.05, 0) is 48.3 Å². The second-order valence-corrected chi connectivity index (χ2v) is 8.04. The van der Waals surface area contributed by atoms with E-state index in [1.807, 2.05) is 30.3 Å². The second kappa shape index (κ2) is 10.1. The SMILES string of the molecule is O=C(OCc1ccccc1)N1CCC(CO)(CCC(O)c2ccc(Cl)nc2)CC1. The summed E-state index contributed by atoms with van der Waals surface area (Å²) in [4.78, 5) is 18.0. The van der Waals surface area contributed by atoms with Gasteiger partial charge in [-0.1, -0.05) is 48.0 Å². The van der Waals surface area contributed by atoms with Crippen LogP contribution in [0.25, 0.3) is 0 Å². The monoisotopic (exact) mass is 418 g/mol. The van der Waals surface area contributed by atoms with Gasteiger partial charge in [0.15, 0.2) is 0 Å². The van der Waals surface area contributed by atoms with Crippen molar-refractivity contribution in [1.29, 1.82) is 0 Å². The summed E-state index contributed by atoms with van der Waals surface area (Å²) in [6.07, 6.45) is 3.13. The summed E-state index contributed by atoms with van der Waals surface area (Å²) < 4.78 is 5.40. The van der Waals surface area contributed by atoms with Gasteiger partial charge in [0.2, 0.25) is 0 Å². The molecular weight excluding hydrogens is 392 g/mol. The number of aliphatic hydroxyl groups excluding tert-OH is 2. The molecule has 1 amide bonds. The smallest absolute Gasteiger partial charge is 0.410 e. The third-order valence-electron chi connectivity index (χ3n) is 5.71. The average Bonchev–Trinajstić information content (AvgIpc) is 2.77. The number of aromatic nitrogens is 1. The molecule has 1 fully saturated rings. The number of amides is 1. The molecule has 0 bridgehead atoms. The second-order valence-electron chi connectivity index (χ2n) is 7.65.